The molecular formula is C10H20N2O2. The molecule has 0 amide bonds. The third kappa shape index (κ3) is 2.96. The zero-order chi connectivity index (χ0) is 10.6. The third-order valence-electron chi connectivity index (χ3n) is 2.98. The summed E-state index contributed by atoms with van der Waals surface area (Å²) in [5, 5.41) is 0. The van der Waals surface area contributed by atoms with Crippen molar-refractivity contribution in [1.29, 1.82) is 0 Å². The van der Waals surface area contributed by atoms with Crippen molar-refractivity contribution in [2.45, 2.75) is 25.8 Å². The number of likely N-dealkylation sites (tertiary alicyclic amines) is 1. The Bertz CT molecular complexity index is 197. The van der Waals surface area contributed by atoms with E-state index in [-0.39, 0.29) is 5.97 Å². The maximum atomic E-state index is 11.1. The number of carbonyl (C=O) groups is 1. The lowest BCUT2D eigenvalue weighted by Gasteiger charge is -2.35. The van der Waals surface area contributed by atoms with E-state index in [4.69, 9.17) is 5.73 Å². The van der Waals surface area contributed by atoms with Gasteiger partial charge in [-0.1, -0.05) is 13.3 Å². The third-order valence-corrected chi connectivity index (χ3v) is 2.98. The van der Waals surface area contributed by atoms with Crippen molar-refractivity contribution in [1.82, 2.24) is 4.90 Å². The van der Waals surface area contributed by atoms with Gasteiger partial charge in [-0.05, 0) is 12.3 Å². The molecular weight excluding hydrogens is 180 g/mol. The van der Waals surface area contributed by atoms with E-state index in [0.717, 1.165) is 25.9 Å². The Morgan fingerprint density at radius 2 is 2.36 bits per heavy atom. The predicted octanol–water partition coefficient (Wildman–Crippen LogP) is 0.219. The van der Waals surface area contributed by atoms with Gasteiger partial charge in [0.1, 0.15) is 0 Å². The molecule has 0 spiro atoms. The molecule has 1 heterocycles. The van der Waals surface area contributed by atoms with E-state index >= 15 is 0 Å². The lowest BCUT2D eigenvalue weighted by atomic mass is 9.91. The van der Waals surface area contributed by atoms with Gasteiger partial charge in [-0.3, -0.25) is 9.69 Å². The highest BCUT2D eigenvalue weighted by Crippen LogP contribution is 2.18. The lowest BCUT2D eigenvalue weighted by molar-refractivity contribution is -0.142. The second-order valence-corrected chi connectivity index (χ2v) is 3.93. The van der Waals surface area contributed by atoms with Gasteiger partial charge in [0.15, 0.2) is 0 Å². The average molecular weight is 200 g/mol. The fourth-order valence-electron chi connectivity index (χ4n) is 1.95. The molecule has 1 aliphatic rings. The zero-order valence-electron chi connectivity index (χ0n) is 9.03. The van der Waals surface area contributed by atoms with E-state index in [1.54, 1.807) is 0 Å². The first kappa shape index (κ1) is 11.5. The van der Waals surface area contributed by atoms with Gasteiger partial charge >= 0.3 is 5.97 Å². The topological polar surface area (TPSA) is 55.6 Å². The van der Waals surface area contributed by atoms with E-state index in [1.165, 1.54) is 7.11 Å². The van der Waals surface area contributed by atoms with Crippen LogP contribution < -0.4 is 5.73 Å². The zero-order valence-corrected chi connectivity index (χ0v) is 9.03. The molecule has 0 bridgehead atoms. The highest BCUT2D eigenvalue weighted by atomic mass is 16.5. The largest absolute Gasteiger partial charge is 0.468 e. The Morgan fingerprint density at radius 3 is 2.93 bits per heavy atom. The van der Waals surface area contributed by atoms with Crippen LogP contribution >= 0.6 is 0 Å². The number of esters is 1. The average Bonchev–Trinajstić information content (AvgIpc) is 2.20. The summed E-state index contributed by atoms with van der Waals surface area (Å²) in [7, 11) is 1.43. The number of nitrogens with zero attached hydrogens (tertiary/aromatic N) is 1. The van der Waals surface area contributed by atoms with E-state index in [1.807, 2.05) is 0 Å². The van der Waals surface area contributed by atoms with Gasteiger partial charge in [-0.25, -0.2) is 0 Å². The monoisotopic (exact) mass is 200 g/mol. The smallest absolute Gasteiger partial charge is 0.319 e. The Balaban J connectivity index is 2.38. The minimum Gasteiger partial charge on any atom is -0.468 e. The van der Waals surface area contributed by atoms with Crippen molar-refractivity contribution in [2.75, 3.05) is 26.7 Å². The van der Waals surface area contributed by atoms with E-state index in [0.29, 0.717) is 18.5 Å². The highest BCUT2D eigenvalue weighted by molar-refractivity contribution is 5.71. The number of piperidine rings is 1. The number of hydrogen-bond acceptors (Lipinski definition) is 4. The van der Waals surface area contributed by atoms with Gasteiger partial charge in [0.25, 0.3) is 0 Å². The summed E-state index contributed by atoms with van der Waals surface area (Å²) in [6.45, 7) is 4.38. The molecule has 0 saturated carbocycles. The first-order chi connectivity index (χ1) is 6.67. The van der Waals surface area contributed by atoms with Crippen LogP contribution in [0.1, 0.15) is 19.8 Å². The van der Waals surface area contributed by atoms with E-state index in [2.05, 4.69) is 16.6 Å². The second kappa shape index (κ2) is 5.32. The van der Waals surface area contributed by atoms with Gasteiger partial charge in [0.2, 0.25) is 0 Å². The van der Waals surface area contributed by atoms with Crippen LogP contribution in [0, 0.1) is 5.92 Å². The maximum absolute atomic E-state index is 11.1. The summed E-state index contributed by atoms with van der Waals surface area (Å²) in [5.41, 5.74) is 5.97. The predicted molar refractivity (Wildman–Crippen MR) is 54.8 cm³/mol. The van der Waals surface area contributed by atoms with Gasteiger partial charge in [0, 0.05) is 19.1 Å². The van der Waals surface area contributed by atoms with Crippen LogP contribution in [0.25, 0.3) is 0 Å². The van der Waals surface area contributed by atoms with Crippen LogP contribution in [0.2, 0.25) is 0 Å². The summed E-state index contributed by atoms with van der Waals surface area (Å²) < 4.78 is 4.64. The number of nitrogens with two attached hydrogens (primary N) is 1. The minimum atomic E-state index is -0.157. The Labute approximate surface area is 85.4 Å². The molecule has 2 N–H and O–H groups in total. The number of ether oxygens (including phenoxy) is 1. The van der Waals surface area contributed by atoms with Crippen molar-refractivity contribution >= 4 is 5.97 Å². The van der Waals surface area contributed by atoms with Crippen molar-refractivity contribution in [3.05, 3.63) is 0 Å². The van der Waals surface area contributed by atoms with Gasteiger partial charge in [-0.2, -0.15) is 0 Å². The second-order valence-electron chi connectivity index (χ2n) is 3.93. The molecule has 2 unspecified atom stereocenters. The highest BCUT2D eigenvalue weighted by Gasteiger charge is 2.26. The molecule has 14 heavy (non-hydrogen) atoms. The molecule has 1 fully saturated rings. The van der Waals surface area contributed by atoms with Crippen molar-refractivity contribution in [3.8, 4) is 0 Å². The van der Waals surface area contributed by atoms with Crippen LogP contribution in [0.15, 0.2) is 0 Å². The molecule has 2 atom stereocenters. The molecule has 0 radical (unpaired) electrons. The Morgan fingerprint density at radius 1 is 1.64 bits per heavy atom. The summed E-state index contributed by atoms with van der Waals surface area (Å²) in [6.07, 6.45) is 2.06. The van der Waals surface area contributed by atoms with Crippen LogP contribution in [0.3, 0.4) is 0 Å². The number of methoxy groups -OCH3 is 1. The van der Waals surface area contributed by atoms with E-state index in [9.17, 15) is 4.79 Å². The van der Waals surface area contributed by atoms with Crippen LogP contribution in [-0.2, 0) is 9.53 Å². The molecule has 1 saturated heterocycles. The fourth-order valence-corrected chi connectivity index (χ4v) is 1.95. The molecule has 1 rings (SSSR count). The van der Waals surface area contributed by atoms with Crippen molar-refractivity contribution < 1.29 is 9.53 Å². The van der Waals surface area contributed by atoms with Gasteiger partial charge < -0.3 is 10.5 Å². The maximum Gasteiger partial charge on any atom is 0.319 e. The summed E-state index contributed by atoms with van der Waals surface area (Å²) in [4.78, 5) is 13.2. The number of rotatable bonds is 3. The van der Waals surface area contributed by atoms with E-state index < -0.39 is 0 Å². The van der Waals surface area contributed by atoms with Crippen LogP contribution in [-0.4, -0.2) is 43.7 Å². The summed E-state index contributed by atoms with van der Waals surface area (Å²) in [5.74, 6) is 0.365. The molecule has 4 nitrogen and oxygen atoms in total. The molecule has 0 aliphatic carbocycles. The number of hydrogen-bond donors (Lipinski definition) is 1. The molecule has 0 aromatic rings. The normalized spacial score (nSPS) is 28.8. The summed E-state index contributed by atoms with van der Waals surface area (Å²) in [6, 6.07) is 0.300. The molecule has 0 aromatic heterocycles. The minimum absolute atomic E-state index is 0.157. The molecule has 0 aromatic carbocycles. The van der Waals surface area contributed by atoms with Gasteiger partial charge in [-0.15, -0.1) is 0 Å². The Kier molecular flexibility index (Phi) is 4.35. The first-order valence-electron chi connectivity index (χ1n) is 5.22. The number of carbonyl (C=O) groups excluding carboxylic acids is 1. The molecule has 82 valence electrons. The molecule has 1 aliphatic heterocycles. The lowest BCUT2D eigenvalue weighted by Crippen LogP contribution is -2.48. The van der Waals surface area contributed by atoms with Crippen molar-refractivity contribution in [3.63, 3.8) is 0 Å². The first-order valence-corrected chi connectivity index (χ1v) is 5.22. The quantitative estimate of drug-likeness (QED) is 0.662. The van der Waals surface area contributed by atoms with Crippen LogP contribution in [0.5, 0.6) is 0 Å². The fraction of sp³-hybridized carbons (Fsp3) is 0.900. The molecule has 4 heteroatoms. The standard InChI is InChI=1S/C10H20N2O2/c1-3-8-6-12(5-4-9(8)11)7-10(13)14-2/h8-9H,3-7,11H2,1-2H3. The SMILES string of the molecule is CCC1CN(CC(=O)OC)CCC1N. The summed E-state index contributed by atoms with van der Waals surface area (Å²) >= 11 is 0. The van der Waals surface area contributed by atoms with Crippen molar-refractivity contribution in [2.24, 2.45) is 11.7 Å². The van der Waals surface area contributed by atoms with Crippen LogP contribution in [0.4, 0.5) is 0 Å². The Hall–Kier alpha value is -0.610. The van der Waals surface area contributed by atoms with Gasteiger partial charge in [0.05, 0.1) is 13.7 Å².